The fraction of sp³-hybridized carbons (Fsp3) is 0.103. The van der Waals surface area contributed by atoms with E-state index in [2.05, 4.69) is 27.1 Å². The van der Waals surface area contributed by atoms with Crippen LogP contribution in [0.15, 0.2) is 91.3 Å². The third-order valence-corrected chi connectivity index (χ3v) is 5.60. The lowest BCUT2D eigenvalue weighted by Gasteiger charge is -2.20. The molecule has 5 rings (SSSR count). The molecule has 4 aromatic rings. The summed E-state index contributed by atoms with van der Waals surface area (Å²) in [7, 11) is 1.64. The highest BCUT2D eigenvalue weighted by Gasteiger charge is 2.31. The van der Waals surface area contributed by atoms with Gasteiger partial charge in [-0.25, -0.2) is 4.98 Å². The number of hydrogen-bond acceptors (Lipinski definition) is 6. The number of carbonyl (C=O) groups excluding carboxylic acids is 2. The number of nitrogens with zero attached hydrogens (tertiary/aromatic N) is 3. The van der Waals surface area contributed by atoms with Crippen LogP contribution >= 0.6 is 0 Å². The molecule has 1 N–H and O–H groups in total. The number of pyridine rings is 2. The van der Waals surface area contributed by atoms with E-state index in [-0.39, 0.29) is 18.2 Å². The van der Waals surface area contributed by atoms with Crippen molar-refractivity contribution >= 4 is 17.5 Å². The quantitative estimate of drug-likeness (QED) is 0.437. The van der Waals surface area contributed by atoms with Gasteiger partial charge in [-0.1, -0.05) is 30.2 Å². The molecule has 1 aliphatic rings. The van der Waals surface area contributed by atoms with Crippen LogP contribution in [0.4, 0.5) is 5.69 Å². The summed E-state index contributed by atoms with van der Waals surface area (Å²) in [6, 6.07) is 22.4. The van der Waals surface area contributed by atoms with Crippen molar-refractivity contribution in [1.82, 2.24) is 15.3 Å². The number of likely N-dealkylation sites (N-methyl/N-ethyl adjacent to an activating group) is 1. The normalized spacial score (nSPS) is 14.4. The fourth-order valence-corrected chi connectivity index (χ4v) is 3.71. The number of para-hydroxylation sites is 1. The lowest BCUT2D eigenvalue weighted by Crippen LogP contribution is -2.49. The van der Waals surface area contributed by atoms with Gasteiger partial charge in [-0.05, 0) is 54.5 Å². The zero-order valence-corrected chi connectivity index (χ0v) is 19.9. The number of benzene rings is 2. The molecule has 2 aromatic carbocycles. The lowest BCUT2D eigenvalue weighted by atomic mass is 10.1. The van der Waals surface area contributed by atoms with Crippen LogP contribution in [-0.2, 0) is 4.79 Å². The molecule has 0 unspecified atom stereocenters. The van der Waals surface area contributed by atoms with Gasteiger partial charge in [0.05, 0.1) is 5.69 Å². The Hall–Kier alpha value is -5.16. The highest BCUT2D eigenvalue weighted by atomic mass is 16.5. The van der Waals surface area contributed by atoms with Gasteiger partial charge >= 0.3 is 0 Å². The van der Waals surface area contributed by atoms with E-state index < -0.39 is 11.9 Å². The summed E-state index contributed by atoms with van der Waals surface area (Å²) in [6.07, 6.45) is 3.16. The second kappa shape index (κ2) is 10.6. The predicted octanol–water partition coefficient (Wildman–Crippen LogP) is 3.82. The van der Waals surface area contributed by atoms with Crippen LogP contribution in [-0.4, -0.2) is 41.5 Å². The van der Waals surface area contributed by atoms with E-state index >= 15 is 0 Å². The van der Waals surface area contributed by atoms with Crippen LogP contribution in [0.25, 0.3) is 0 Å². The van der Waals surface area contributed by atoms with Crippen molar-refractivity contribution in [1.29, 1.82) is 0 Å². The number of amides is 2. The third-order valence-electron chi connectivity index (χ3n) is 5.60. The first-order chi connectivity index (χ1) is 18.1. The molecule has 1 aliphatic heterocycles. The molecule has 182 valence electrons. The van der Waals surface area contributed by atoms with Gasteiger partial charge in [0.1, 0.15) is 41.3 Å². The first-order valence-electron chi connectivity index (χ1n) is 11.5. The topological polar surface area (TPSA) is 93.7 Å². The van der Waals surface area contributed by atoms with Gasteiger partial charge < -0.3 is 19.7 Å². The Labute approximate surface area is 213 Å². The van der Waals surface area contributed by atoms with Crippen LogP contribution < -0.4 is 19.7 Å². The predicted molar refractivity (Wildman–Crippen MR) is 138 cm³/mol. The van der Waals surface area contributed by atoms with E-state index in [1.54, 1.807) is 31.4 Å². The van der Waals surface area contributed by atoms with Crippen molar-refractivity contribution < 1.29 is 19.1 Å². The van der Waals surface area contributed by atoms with E-state index in [0.717, 1.165) is 0 Å². The maximum atomic E-state index is 13.1. The van der Waals surface area contributed by atoms with E-state index in [4.69, 9.17) is 9.47 Å². The minimum absolute atomic E-state index is 0.0424. The molecule has 0 radical (unpaired) electrons. The molecule has 0 fully saturated rings. The zero-order valence-electron chi connectivity index (χ0n) is 19.9. The van der Waals surface area contributed by atoms with E-state index in [9.17, 15) is 9.59 Å². The minimum atomic E-state index is -0.909. The summed E-state index contributed by atoms with van der Waals surface area (Å²) in [5.74, 6) is 6.83. The number of rotatable bonds is 4. The van der Waals surface area contributed by atoms with Gasteiger partial charge in [-0.15, -0.1) is 0 Å². The lowest BCUT2D eigenvalue weighted by molar-refractivity contribution is -0.120. The molecule has 0 aliphatic carbocycles. The van der Waals surface area contributed by atoms with E-state index in [1.807, 2.05) is 54.6 Å². The molecule has 0 bridgehead atoms. The van der Waals surface area contributed by atoms with Gasteiger partial charge in [0.25, 0.3) is 11.8 Å². The number of ether oxygens (including phenoxy) is 2. The average Bonchev–Trinajstić information content (AvgIpc) is 3.05. The Morgan fingerprint density at radius 1 is 0.973 bits per heavy atom. The Kier molecular flexibility index (Phi) is 6.77. The number of aromatic nitrogens is 2. The summed E-state index contributed by atoms with van der Waals surface area (Å²) < 4.78 is 11.7. The summed E-state index contributed by atoms with van der Waals surface area (Å²) in [4.78, 5) is 35.9. The highest BCUT2D eigenvalue weighted by molar-refractivity contribution is 6.03. The van der Waals surface area contributed by atoms with Crippen LogP contribution in [0.1, 0.15) is 21.7 Å². The largest absolute Gasteiger partial charge is 0.489 e. The highest BCUT2D eigenvalue weighted by Crippen LogP contribution is 2.31. The molecule has 2 amide bonds. The number of anilines is 1. The van der Waals surface area contributed by atoms with Gasteiger partial charge in [-0.3, -0.25) is 14.6 Å². The van der Waals surface area contributed by atoms with Gasteiger partial charge in [-0.2, -0.15) is 0 Å². The molecule has 8 nitrogen and oxygen atoms in total. The summed E-state index contributed by atoms with van der Waals surface area (Å²) >= 11 is 0. The second-order valence-electron chi connectivity index (χ2n) is 8.17. The molecular formula is C29H22N4O4. The third kappa shape index (κ3) is 5.57. The molecule has 0 spiro atoms. The SMILES string of the molecule is CN1C(=O)[C@@H](NC(=O)c2cc(Oc3ccccc3)ccn2)COc2cc(C#Cc3ccccn3)ccc21. The van der Waals surface area contributed by atoms with E-state index in [1.165, 1.54) is 17.2 Å². The van der Waals surface area contributed by atoms with Crippen LogP contribution in [0.3, 0.4) is 0 Å². The first kappa shape index (κ1) is 23.6. The summed E-state index contributed by atoms with van der Waals surface area (Å²) in [6.45, 7) is -0.0424. The van der Waals surface area contributed by atoms with Gasteiger partial charge in [0, 0.05) is 31.1 Å². The summed E-state index contributed by atoms with van der Waals surface area (Å²) in [5, 5.41) is 2.73. The van der Waals surface area contributed by atoms with Crippen molar-refractivity contribution in [2.24, 2.45) is 0 Å². The molecule has 3 heterocycles. The molecule has 0 saturated carbocycles. The number of fused-ring (bicyclic) bond motifs is 1. The maximum Gasteiger partial charge on any atom is 0.270 e. The van der Waals surface area contributed by atoms with Crippen molar-refractivity contribution in [3.63, 3.8) is 0 Å². The van der Waals surface area contributed by atoms with Crippen LogP contribution in [0.5, 0.6) is 17.2 Å². The Morgan fingerprint density at radius 2 is 1.81 bits per heavy atom. The number of hydrogen-bond donors (Lipinski definition) is 1. The number of carbonyl (C=O) groups is 2. The van der Waals surface area contributed by atoms with Gasteiger partial charge in [0.2, 0.25) is 0 Å². The molecular weight excluding hydrogens is 468 g/mol. The first-order valence-corrected chi connectivity index (χ1v) is 11.5. The monoisotopic (exact) mass is 490 g/mol. The number of nitrogens with one attached hydrogen (secondary N) is 1. The Balaban J connectivity index is 1.29. The minimum Gasteiger partial charge on any atom is -0.489 e. The molecule has 2 aromatic heterocycles. The smallest absolute Gasteiger partial charge is 0.270 e. The summed E-state index contributed by atoms with van der Waals surface area (Å²) in [5.41, 5.74) is 2.08. The van der Waals surface area contributed by atoms with Crippen LogP contribution in [0.2, 0.25) is 0 Å². The maximum absolute atomic E-state index is 13.1. The Morgan fingerprint density at radius 3 is 2.62 bits per heavy atom. The van der Waals surface area contributed by atoms with Crippen molar-refractivity contribution in [2.45, 2.75) is 6.04 Å². The zero-order chi connectivity index (χ0) is 25.6. The second-order valence-corrected chi connectivity index (χ2v) is 8.17. The van der Waals surface area contributed by atoms with E-state index in [0.29, 0.717) is 34.2 Å². The van der Waals surface area contributed by atoms with Crippen molar-refractivity contribution in [3.8, 4) is 29.1 Å². The molecule has 0 saturated heterocycles. The van der Waals surface area contributed by atoms with Gasteiger partial charge in [0.15, 0.2) is 0 Å². The van der Waals surface area contributed by atoms with Crippen LogP contribution in [0, 0.1) is 11.8 Å². The van der Waals surface area contributed by atoms with Crippen molar-refractivity contribution in [2.75, 3.05) is 18.6 Å². The fourth-order valence-electron chi connectivity index (χ4n) is 3.71. The molecule has 8 heteroatoms. The Bertz CT molecular complexity index is 1500. The standard InChI is InChI=1S/C29H22N4O4/c1-33-26-13-11-20(10-12-21-7-5-6-15-30-21)17-27(26)36-19-25(29(33)35)32-28(34)24-18-23(14-16-31-24)37-22-8-3-2-4-9-22/h2-9,11,13-18,25H,19H2,1H3,(H,32,34)/t25-/m0/s1. The average molecular weight is 491 g/mol. The molecule has 1 atom stereocenters. The molecule has 37 heavy (non-hydrogen) atoms. The van der Waals surface area contributed by atoms with Crippen molar-refractivity contribution in [3.05, 3.63) is 108 Å².